The molecule has 6 aromatic carbocycles. The highest BCUT2D eigenvalue weighted by Crippen LogP contribution is 2.42. The van der Waals surface area contributed by atoms with Gasteiger partial charge >= 0.3 is 0 Å². The molecule has 2 aromatic heterocycles. The summed E-state index contributed by atoms with van der Waals surface area (Å²) in [5.74, 6) is 0.866. The maximum Gasteiger partial charge on any atom is 0.141 e. The number of para-hydroxylation sites is 1. The molecular weight excluding hydrogens is 450 g/mol. The molecule has 8 aromatic rings. The first kappa shape index (κ1) is 20.2. The molecule has 0 fully saturated rings. The van der Waals surface area contributed by atoms with Crippen molar-refractivity contribution in [2.24, 2.45) is 0 Å². The van der Waals surface area contributed by atoms with Gasteiger partial charge in [0, 0.05) is 27.8 Å². The third-order valence-electron chi connectivity index (χ3n) is 7.49. The smallest absolute Gasteiger partial charge is 0.141 e. The zero-order valence-corrected chi connectivity index (χ0v) is 20.0. The van der Waals surface area contributed by atoms with Gasteiger partial charge in [-0.15, -0.1) is 0 Å². The van der Waals surface area contributed by atoms with E-state index < -0.39 is 0 Å². The quantitative estimate of drug-likeness (QED) is 0.236. The Kier molecular flexibility index (Phi) is 4.23. The van der Waals surface area contributed by atoms with Crippen LogP contribution in [0.4, 0.5) is 0 Å². The summed E-state index contributed by atoms with van der Waals surface area (Å²) in [4.78, 5) is 9.42. The highest BCUT2D eigenvalue weighted by atomic mass is 15.1. The largest absolute Gasteiger partial charge is 0.293 e. The Labute approximate surface area is 213 Å². The SMILES string of the molecule is c1ccc(-c2cc(-n3c4ccccc4c4ccc5c6ccccc6c6ccccc6c5c43)ncn2)cc1. The lowest BCUT2D eigenvalue weighted by molar-refractivity contribution is 1.04. The average Bonchev–Trinajstić information content (AvgIpc) is 3.32. The van der Waals surface area contributed by atoms with Crippen molar-refractivity contribution in [3.8, 4) is 17.1 Å². The van der Waals surface area contributed by atoms with E-state index in [0.29, 0.717) is 0 Å². The highest BCUT2D eigenvalue weighted by molar-refractivity contribution is 6.33. The molecule has 0 radical (unpaired) electrons. The van der Waals surface area contributed by atoms with Gasteiger partial charge in [-0.1, -0.05) is 109 Å². The van der Waals surface area contributed by atoms with Gasteiger partial charge in [0.15, 0.2) is 0 Å². The lowest BCUT2D eigenvalue weighted by atomic mass is 9.93. The van der Waals surface area contributed by atoms with E-state index in [2.05, 4.69) is 113 Å². The van der Waals surface area contributed by atoms with Gasteiger partial charge in [0.2, 0.25) is 0 Å². The molecule has 0 atom stereocenters. The summed E-state index contributed by atoms with van der Waals surface area (Å²) < 4.78 is 2.32. The summed E-state index contributed by atoms with van der Waals surface area (Å²) >= 11 is 0. The van der Waals surface area contributed by atoms with Crippen molar-refractivity contribution in [3.05, 3.63) is 128 Å². The molecule has 0 saturated heterocycles. The van der Waals surface area contributed by atoms with E-state index in [-0.39, 0.29) is 0 Å². The van der Waals surface area contributed by atoms with Gasteiger partial charge in [-0.25, -0.2) is 9.97 Å². The highest BCUT2D eigenvalue weighted by Gasteiger charge is 2.19. The Bertz CT molecular complexity index is 2100. The summed E-state index contributed by atoms with van der Waals surface area (Å²) in [6.45, 7) is 0. The van der Waals surface area contributed by atoms with Crippen LogP contribution >= 0.6 is 0 Å². The van der Waals surface area contributed by atoms with Crippen LogP contribution in [0.3, 0.4) is 0 Å². The maximum atomic E-state index is 4.81. The van der Waals surface area contributed by atoms with Gasteiger partial charge in [-0.05, 0) is 33.0 Å². The molecule has 8 rings (SSSR count). The van der Waals surface area contributed by atoms with Gasteiger partial charge in [0.25, 0.3) is 0 Å². The molecule has 0 spiro atoms. The summed E-state index contributed by atoms with van der Waals surface area (Å²) in [6, 6.07) is 43.1. The van der Waals surface area contributed by atoms with Crippen molar-refractivity contribution >= 4 is 54.1 Å². The van der Waals surface area contributed by atoms with Gasteiger partial charge in [-0.3, -0.25) is 4.57 Å². The zero-order valence-electron chi connectivity index (χ0n) is 20.0. The number of hydrogen-bond donors (Lipinski definition) is 0. The number of benzene rings is 6. The van der Waals surface area contributed by atoms with E-state index in [1.165, 1.54) is 48.6 Å². The third kappa shape index (κ3) is 2.88. The van der Waals surface area contributed by atoms with E-state index in [0.717, 1.165) is 22.6 Å². The predicted octanol–water partition coefficient (Wildman–Crippen LogP) is 8.70. The van der Waals surface area contributed by atoms with E-state index in [1.807, 2.05) is 18.2 Å². The minimum Gasteiger partial charge on any atom is -0.293 e. The second-order valence-corrected chi connectivity index (χ2v) is 9.46. The lowest BCUT2D eigenvalue weighted by Crippen LogP contribution is -2.00. The van der Waals surface area contributed by atoms with Crippen molar-refractivity contribution in [3.63, 3.8) is 0 Å². The molecule has 0 bridgehead atoms. The third-order valence-corrected chi connectivity index (χ3v) is 7.49. The first-order chi connectivity index (χ1) is 18.4. The molecule has 0 N–H and O–H groups in total. The number of aromatic nitrogens is 3. The van der Waals surface area contributed by atoms with Gasteiger partial charge in [0.05, 0.1) is 16.7 Å². The molecule has 0 unspecified atom stereocenters. The number of nitrogens with zero attached hydrogens (tertiary/aromatic N) is 3. The molecular formula is C34H21N3. The maximum absolute atomic E-state index is 4.81. The van der Waals surface area contributed by atoms with Crippen LogP contribution < -0.4 is 0 Å². The molecule has 3 heteroatoms. The lowest BCUT2D eigenvalue weighted by Gasteiger charge is -2.14. The minimum atomic E-state index is 0.866. The van der Waals surface area contributed by atoms with Crippen molar-refractivity contribution in [2.45, 2.75) is 0 Å². The van der Waals surface area contributed by atoms with E-state index in [4.69, 9.17) is 4.98 Å². The monoisotopic (exact) mass is 471 g/mol. The van der Waals surface area contributed by atoms with Crippen molar-refractivity contribution in [1.82, 2.24) is 14.5 Å². The van der Waals surface area contributed by atoms with Gasteiger partial charge in [0.1, 0.15) is 12.1 Å². The fraction of sp³-hybridized carbons (Fsp3) is 0. The molecule has 0 aliphatic heterocycles. The van der Waals surface area contributed by atoms with Gasteiger partial charge < -0.3 is 0 Å². The first-order valence-electron chi connectivity index (χ1n) is 12.5. The Morgan fingerprint density at radius 1 is 0.459 bits per heavy atom. The van der Waals surface area contributed by atoms with Crippen molar-refractivity contribution < 1.29 is 0 Å². The topological polar surface area (TPSA) is 30.7 Å². The van der Waals surface area contributed by atoms with Crippen LogP contribution in [0, 0.1) is 0 Å². The van der Waals surface area contributed by atoms with Crippen LogP contribution in [0.25, 0.3) is 71.2 Å². The summed E-state index contributed by atoms with van der Waals surface area (Å²) in [6.07, 6.45) is 1.68. The second-order valence-electron chi connectivity index (χ2n) is 9.46. The fourth-order valence-corrected chi connectivity index (χ4v) is 5.92. The standard InChI is InChI=1S/C34H21N3/c1-2-10-22(11-3-1)30-20-32(36-21-35-30)37-31-17-9-8-15-26(31)29-19-18-28-25-14-5-4-12-23(25)24-13-6-7-16-27(24)33(28)34(29)37/h1-21H. The first-order valence-corrected chi connectivity index (χ1v) is 12.5. The van der Waals surface area contributed by atoms with E-state index in [9.17, 15) is 0 Å². The van der Waals surface area contributed by atoms with Crippen LogP contribution in [0.1, 0.15) is 0 Å². The number of fused-ring (bicyclic) bond motifs is 10. The molecule has 0 aliphatic rings. The summed E-state index contributed by atoms with van der Waals surface area (Å²) in [5, 5.41) is 10.0. The Balaban J connectivity index is 1.60. The normalized spacial score (nSPS) is 11.8. The van der Waals surface area contributed by atoms with E-state index in [1.54, 1.807) is 6.33 Å². The Morgan fingerprint density at radius 3 is 1.78 bits per heavy atom. The summed E-state index contributed by atoms with van der Waals surface area (Å²) in [5.41, 5.74) is 4.30. The molecule has 0 aliphatic carbocycles. The van der Waals surface area contributed by atoms with Crippen molar-refractivity contribution in [1.29, 1.82) is 0 Å². The predicted molar refractivity (Wildman–Crippen MR) is 154 cm³/mol. The van der Waals surface area contributed by atoms with Crippen molar-refractivity contribution in [2.75, 3.05) is 0 Å². The van der Waals surface area contributed by atoms with Crippen LogP contribution in [-0.4, -0.2) is 14.5 Å². The summed E-state index contributed by atoms with van der Waals surface area (Å²) in [7, 11) is 0. The van der Waals surface area contributed by atoms with Gasteiger partial charge in [-0.2, -0.15) is 0 Å². The Hall–Kier alpha value is -5.02. The molecule has 0 amide bonds. The van der Waals surface area contributed by atoms with Crippen LogP contribution in [0.2, 0.25) is 0 Å². The second kappa shape index (κ2) is 7.74. The van der Waals surface area contributed by atoms with Crippen LogP contribution in [0.5, 0.6) is 0 Å². The molecule has 37 heavy (non-hydrogen) atoms. The fourth-order valence-electron chi connectivity index (χ4n) is 5.92. The minimum absolute atomic E-state index is 0.866. The van der Waals surface area contributed by atoms with Crippen LogP contribution in [0.15, 0.2) is 128 Å². The molecule has 0 saturated carbocycles. The zero-order chi connectivity index (χ0) is 24.3. The van der Waals surface area contributed by atoms with Crippen LogP contribution in [-0.2, 0) is 0 Å². The molecule has 3 nitrogen and oxygen atoms in total. The average molecular weight is 472 g/mol. The number of hydrogen-bond acceptors (Lipinski definition) is 2. The molecule has 172 valence electrons. The molecule has 2 heterocycles. The number of rotatable bonds is 2. The Morgan fingerprint density at radius 2 is 1.03 bits per heavy atom. The van der Waals surface area contributed by atoms with E-state index >= 15 is 0 Å².